The summed E-state index contributed by atoms with van der Waals surface area (Å²) >= 11 is 7.42. The molecule has 1 fully saturated rings. The van der Waals surface area contributed by atoms with Crippen LogP contribution in [0.5, 0.6) is 0 Å². The molecule has 2 aromatic carbocycles. The maximum Gasteiger partial charge on any atom is 0.282 e. The Hall–Kier alpha value is -1.79. The van der Waals surface area contributed by atoms with Gasteiger partial charge in [-0.25, -0.2) is 13.4 Å². The van der Waals surface area contributed by atoms with Crippen LogP contribution in [0.1, 0.15) is 26.8 Å². The quantitative estimate of drug-likeness (QED) is 0.500. The molecule has 1 aromatic heterocycles. The van der Waals surface area contributed by atoms with E-state index >= 15 is 0 Å². The highest BCUT2D eigenvalue weighted by Gasteiger charge is 2.32. The van der Waals surface area contributed by atoms with E-state index < -0.39 is 10.0 Å². The number of benzene rings is 2. The van der Waals surface area contributed by atoms with Crippen LogP contribution in [0.15, 0.2) is 41.3 Å². The van der Waals surface area contributed by atoms with Gasteiger partial charge in [0.25, 0.3) is 5.91 Å². The molecule has 0 bridgehead atoms. The first-order valence-electron chi connectivity index (χ1n) is 11.2. The summed E-state index contributed by atoms with van der Waals surface area (Å²) in [6, 6.07) is 10.5. The zero-order valence-corrected chi connectivity index (χ0v) is 22.0. The Morgan fingerprint density at radius 1 is 1.14 bits per heavy atom. The van der Waals surface area contributed by atoms with Crippen molar-refractivity contribution in [1.82, 2.24) is 19.5 Å². The van der Waals surface area contributed by atoms with E-state index in [-0.39, 0.29) is 48.9 Å². The first-order valence-corrected chi connectivity index (χ1v) is 13.8. The van der Waals surface area contributed by atoms with Crippen molar-refractivity contribution in [2.75, 3.05) is 32.8 Å². The Kier molecular flexibility index (Phi) is 8.02. The summed E-state index contributed by atoms with van der Waals surface area (Å²) in [5.74, 6) is -0.155. The number of nitrogens with one attached hydrogen (secondary N) is 1. The van der Waals surface area contributed by atoms with Gasteiger partial charge in [0.2, 0.25) is 10.0 Å². The van der Waals surface area contributed by atoms with Gasteiger partial charge in [0.05, 0.1) is 10.6 Å². The lowest BCUT2D eigenvalue weighted by Crippen LogP contribution is -2.50. The molecule has 12 heteroatoms. The number of hydrogen-bond acceptors (Lipinski definition) is 7. The van der Waals surface area contributed by atoms with Crippen LogP contribution in [-0.4, -0.2) is 72.4 Å². The summed E-state index contributed by atoms with van der Waals surface area (Å²) in [6.07, 6.45) is 1.35. The van der Waals surface area contributed by atoms with E-state index in [1.807, 2.05) is 6.07 Å². The number of halogens is 2. The van der Waals surface area contributed by atoms with Crippen LogP contribution in [-0.2, 0) is 23.0 Å². The second-order valence-electron chi connectivity index (χ2n) is 8.53. The molecular formula is C23H26Cl2N4O4S2. The number of aromatic nitrogens is 1. The molecule has 3 aromatic rings. The lowest BCUT2D eigenvalue weighted by Gasteiger charge is -2.33. The third-order valence-corrected chi connectivity index (χ3v) is 9.58. The number of aliphatic hydroxyl groups is 1. The second-order valence-corrected chi connectivity index (χ2v) is 12.0. The molecule has 1 unspecified atom stereocenters. The van der Waals surface area contributed by atoms with Gasteiger partial charge in [-0.1, -0.05) is 23.7 Å². The van der Waals surface area contributed by atoms with E-state index in [0.717, 1.165) is 21.3 Å². The Labute approximate surface area is 219 Å². The molecule has 188 valence electrons. The fraction of sp³-hybridized carbons (Fsp3) is 0.391. The molecule has 2 aliphatic heterocycles. The molecule has 1 saturated heterocycles. The molecule has 1 atom stereocenters. The minimum absolute atomic E-state index is 0. The van der Waals surface area contributed by atoms with Gasteiger partial charge in [0.1, 0.15) is 0 Å². The monoisotopic (exact) mass is 556 g/mol. The molecular weight excluding hydrogens is 531 g/mol. The second kappa shape index (κ2) is 10.7. The van der Waals surface area contributed by atoms with Crippen molar-refractivity contribution in [3.63, 3.8) is 0 Å². The Morgan fingerprint density at radius 2 is 1.86 bits per heavy atom. The van der Waals surface area contributed by atoms with Crippen LogP contribution in [0.2, 0.25) is 5.02 Å². The number of amides is 1. The van der Waals surface area contributed by atoms with Crippen molar-refractivity contribution in [1.29, 1.82) is 0 Å². The SMILES string of the molecule is Cl.O=C(c1nc2c(s1)CNC(CCO)C2)N1CCN(S(=O)(=O)c2ccc3cc(Cl)ccc3c2)CC1. The van der Waals surface area contributed by atoms with Crippen molar-refractivity contribution in [3.8, 4) is 0 Å². The first-order chi connectivity index (χ1) is 16.3. The van der Waals surface area contributed by atoms with E-state index in [1.165, 1.54) is 15.6 Å². The zero-order valence-electron chi connectivity index (χ0n) is 18.8. The Bertz CT molecular complexity index is 1340. The summed E-state index contributed by atoms with van der Waals surface area (Å²) < 4.78 is 27.9. The van der Waals surface area contributed by atoms with Gasteiger partial charge in [-0.3, -0.25) is 4.79 Å². The number of carbonyl (C=O) groups excluding carboxylic acids is 1. The molecule has 8 nitrogen and oxygen atoms in total. The lowest BCUT2D eigenvalue weighted by molar-refractivity contribution is 0.0697. The minimum Gasteiger partial charge on any atom is -0.396 e. The molecule has 2 aliphatic rings. The summed E-state index contributed by atoms with van der Waals surface area (Å²) in [5.41, 5.74) is 0.921. The fourth-order valence-corrected chi connectivity index (χ4v) is 7.09. The predicted molar refractivity (Wildman–Crippen MR) is 139 cm³/mol. The smallest absolute Gasteiger partial charge is 0.282 e. The maximum absolute atomic E-state index is 13.2. The summed E-state index contributed by atoms with van der Waals surface area (Å²) in [5, 5.41) is 15.3. The van der Waals surface area contributed by atoms with Crippen molar-refractivity contribution in [2.45, 2.75) is 30.3 Å². The van der Waals surface area contributed by atoms with Gasteiger partial charge in [0, 0.05) is 61.7 Å². The third kappa shape index (κ3) is 5.34. The number of nitrogens with zero attached hydrogens (tertiary/aromatic N) is 3. The van der Waals surface area contributed by atoms with E-state index in [4.69, 9.17) is 16.7 Å². The van der Waals surface area contributed by atoms with Crippen molar-refractivity contribution >= 4 is 62.0 Å². The van der Waals surface area contributed by atoms with Crippen LogP contribution in [0.4, 0.5) is 0 Å². The molecule has 2 N–H and O–H groups in total. The molecule has 35 heavy (non-hydrogen) atoms. The number of piperazine rings is 1. The van der Waals surface area contributed by atoms with E-state index in [2.05, 4.69) is 10.3 Å². The van der Waals surface area contributed by atoms with Gasteiger partial charge in [0.15, 0.2) is 5.01 Å². The molecule has 5 rings (SSSR count). The van der Waals surface area contributed by atoms with E-state index in [0.29, 0.717) is 42.5 Å². The average Bonchev–Trinajstić information content (AvgIpc) is 3.27. The van der Waals surface area contributed by atoms with Gasteiger partial charge in [-0.05, 0) is 41.5 Å². The summed E-state index contributed by atoms with van der Waals surface area (Å²) in [6.45, 7) is 1.86. The maximum atomic E-state index is 13.2. The number of carbonyl (C=O) groups is 1. The van der Waals surface area contributed by atoms with Crippen molar-refractivity contribution < 1.29 is 18.3 Å². The molecule has 0 aliphatic carbocycles. The molecule has 0 radical (unpaired) electrons. The summed E-state index contributed by atoms with van der Waals surface area (Å²) in [7, 11) is -3.67. The number of fused-ring (bicyclic) bond motifs is 2. The van der Waals surface area contributed by atoms with E-state index in [9.17, 15) is 13.2 Å². The van der Waals surface area contributed by atoms with Crippen molar-refractivity contribution in [3.05, 3.63) is 57.0 Å². The van der Waals surface area contributed by atoms with Gasteiger partial charge in [-0.2, -0.15) is 4.31 Å². The standard InChI is InChI=1S/C23H25ClN4O4S2.ClH/c24-17-3-1-16-12-19(4-2-15(16)11-17)34(31,32)28-8-6-27(7-9-28)23(30)22-26-20-13-18(5-10-29)25-14-21(20)33-22;/h1-4,11-12,18,25,29H,5-10,13-14H2;1H. The number of rotatable bonds is 5. The Balaban J connectivity index is 0.00000289. The normalized spacial score (nSPS) is 18.8. The fourth-order valence-electron chi connectivity index (χ4n) is 4.45. The van der Waals surface area contributed by atoms with Crippen LogP contribution in [0.3, 0.4) is 0 Å². The minimum atomic E-state index is -3.67. The first kappa shape index (κ1) is 26.3. The van der Waals surface area contributed by atoms with Crippen LogP contribution < -0.4 is 5.32 Å². The van der Waals surface area contributed by atoms with Crippen LogP contribution >= 0.6 is 35.3 Å². The third-order valence-electron chi connectivity index (χ3n) is 6.37. The molecule has 0 saturated carbocycles. The molecule has 1 amide bonds. The van der Waals surface area contributed by atoms with Gasteiger partial charge < -0.3 is 15.3 Å². The number of aliphatic hydroxyl groups excluding tert-OH is 1. The predicted octanol–water partition coefficient (Wildman–Crippen LogP) is 2.91. The largest absolute Gasteiger partial charge is 0.396 e. The molecule has 0 spiro atoms. The Morgan fingerprint density at radius 3 is 2.60 bits per heavy atom. The van der Waals surface area contributed by atoms with Crippen LogP contribution in [0.25, 0.3) is 10.8 Å². The van der Waals surface area contributed by atoms with Crippen molar-refractivity contribution in [2.24, 2.45) is 0 Å². The topological polar surface area (TPSA) is 103 Å². The highest BCUT2D eigenvalue weighted by Crippen LogP contribution is 2.27. The van der Waals surface area contributed by atoms with Gasteiger partial charge >= 0.3 is 0 Å². The number of hydrogen-bond donors (Lipinski definition) is 2. The summed E-state index contributed by atoms with van der Waals surface area (Å²) in [4.78, 5) is 20.6. The molecule has 3 heterocycles. The zero-order chi connectivity index (χ0) is 23.9. The van der Waals surface area contributed by atoms with Gasteiger partial charge in [-0.15, -0.1) is 23.7 Å². The number of thiazole rings is 1. The highest BCUT2D eigenvalue weighted by molar-refractivity contribution is 7.89. The van der Waals surface area contributed by atoms with Crippen LogP contribution in [0, 0.1) is 0 Å². The van der Waals surface area contributed by atoms with E-state index in [1.54, 1.807) is 35.2 Å². The average molecular weight is 558 g/mol. The number of sulfonamides is 1. The lowest BCUT2D eigenvalue weighted by atomic mass is 10.0. The highest BCUT2D eigenvalue weighted by atomic mass is 35.5.